The van der Waals surface area contributed by atoms with E-state index in [0.717, 1.165) is 4.90 Å². The van der Waals surface area contributed by atoms with Crippen molar-refractivity contribution in [2.45, 2.75) is 33.6 Å². The van der Waals surface area contributed by atoms with Gasteiger partial charge in [-0.05, 0) is 24.3 Å². The number of imide groups is 1. The minimum absolute atomic E-state index is 0.125. The maximum absolute atomic E-state index is 12.9. The van der Waals surface area contributed by atoms with Crippen LogP contribution in [0.25, 0.3) is 0 Å². The van der Waals surface area contributed by atoms with Gasteiger partial charge in [-0.15, -0.1) is 0 Å². The van der Waals surface area contributed by atoms with Crippen molar-refractivity contribution in [3.8, 4) is 0 Å². The fraction of sp³-hybridized carbons (Fsp3) is 0.500. The molecule has 1 heterocycles. The summed E-state index contributed by atoms with van der Waals surface area (Å²) in [5, 5.41) is 10.9. The fourth-order valence-electron chi connectivity index (χ4n) is 3.81. The van der Waals surface area contributed by atoms with Crippen LogP contribution < -0.4 is 4.90 Å². The molecule has 1 aromatic rings. The molecule has 2 amide bonds. The first-order valence-corrected chi connectivity index (χ1v) is 7.33. The average Bonchev–Trinajstić information content (AvgIpc) is 2.63. The number of nitrogens with zero attached hydrogens (tertiary/aromatic N) is 2. The van der Waals surface area contributed by atoms with Crippen LogP contribution in [0, 0.1) is 26.9 Å². The van der Waals surface area contributed by atoms with Gasteiger partial charge in [0, 0.05) is 18.1 Å². The fourth-order valence-corrected chi connectivity index (χ4v) is 3.81. The zero-order valence-electron chi connectivity index (χ0n) is 12.8. The van der Waals surface area contributed by atoms with E-state index in [1.54, 1.807) is 6.07 Å². The Balaban J connectivity index is 2.10. The van der Waals surface area contributed by atoms with E-state index in [0.29, 0.717) is 12.8 Å². The van der Waals surface area contributed by atoms with Crippen molar-refractivity contribution >= 4 is 23.2 Å². The first-order chi connectivity index (χ1) is 10.2. The van der Waals surface area contributed by atoms with Crippen molar-refractivity contribution in [1.82, 2.24) is 0 Å². The molecule has 0 unspecified atom stereocenters. The van der Waals surface area contributed by atoms with E-state index in [1.807, 2.05) is 20.8 Å². The molecule has 6 heteroatoms. The van der Waals surface area contributed by atoms with E-state index in [2.05, 4.69) is 0 Å². The zero-order chi connectivity index (χ0) is 16.3. The Labute approximate surface area is 128 Å². The summed E-state index contributed by atoms with van der Waals surface area (Å²) >= 11 is 0. The molecule has 1 aliphatic carbocycles. The number of benzene rings is 1. The molecule has 2 aliphatic rings. The van der Waals surface area contributed by atoms with E-state index in [9.17, 15) is 19.7 Å². The molecule has 0 aromatic heterocycles. The van der Waals surface area contributed by atoms with Crippen LogP contribution >= 0.6 is 0 Å². The summed E-state index contributed by atoms with van der Waals surface area (Å²) in [6.45, 7) is 5.82. The SMILES string of the molecule is CC1(C)[C@H]2CC[C@]1(C)C(=O)N(c1cccc([N+](=O)[O-])c1)C2=O. The van der Waals surface area contributed by atoms with Crippen molar-refractivity contribution in [3.05, 3.63) is 34.4 Å². The smallest absolute Gasteiger partial charge is 0.271 e. The van der Waals surface area contributed by atoms with Gasteiger partial charge in [-0.25, -0.2) is 4.90 Å². The number of amides is 2. The lowest BCUT2D eigenvalue weighted by Crippen LogP contribution is -2.59. The third kappa shape index (κ3) is 1.66. The predicted molar refractivity (Wildman–Crippen MR) is 80.2 cm³/mol. The molecule has 1 aliphatic heterocycles. The highest BCUT2D eigenvalue weighted by atomic mass is 16.6. The molecule has 116 valence electrons. The molecule has 3 rings (SSSR count). The van der Waals surface area contributed by atoms with Gasteiger partial charge < -0.3 is 0 Å². The monoisotopic (exact) mass is 302 g/mol. The van der Waals surface area contributed by atoms with Gasteiger partial charge in [0.2, 0.25) is 11.8 Å². The summed E-state index contributed by atoms with van der Waals surface area (Å²) in [7, 11) is 0. The molecule has 2 bridgehead atoms. The molecular formula is C16H18N2O4. The molecule has 0 spiro atoms. The minimum Gasteiger partial charge on any atom is -0.274 e. The summed E-state index contributed by atoms with van der Waals surface area (Å²) in [6.07, 6.45) is 1.35. The second-order valence-electron chi connectivity index (χ2n) is 6.90. The first kappa shape index (κ1) is 14.7. The van der Waals surface area contributed by atoms with Crippen LogP contribution in [0.4, 0.5) is 11.4 Å². The number of nitro groups is 1. The summed E-state index contributed by atoms with van der Waals surface area (Å²) in [4.78, 5) is 37.3. The van der Waals surface area contributed by atoms with E-state index in [-0.39, 0.29) is 29.1 Å². The third-order valence-electron chi connectivity index (χ3n) is 5.72. The number of piperidine rings is 1. The van der Waals surface area contributed by atoms with Crippen molar-refractivity contribution in [3.63, 3.8) is 0 Å². The van der Waals surface area contributed by atoms with Gasteiger partial charge in [-0.1, -0.05) is 26.8 Å². The lowest BCUT2D eigenvalue weighted by molar-refractivity contribution is -0.384. The van der Waals surface area contributed by atoms with E-state index in [4.69, 9.17) is 0 Å². The minimum atomic E-state index is -0.615. The standard InChI is InChI=1S/C16H18N2O4/c1-15(2)12-7-8-16(15,3)14(20)17(13(12)19)10-5-4-6-11(9-10)18(21)22/h4-6,9,12H,7-8H2,1-3H3/t12-,16+/m0/s1. The van der Waals surface area contributed by atoms with Crippen LogP contribution in [-0.4, -0.2) is 16.7 Å². The highest BCUT2D eigenvalue weighted by Crippen LogP contribution is 2.60. The highest BCUT2D eigenvalue weighted by Gasteiger charge is 2.64. The zero-order valence-corrected chi connectivity index (χ0v) is 12.8. The van der Waals surface area contributed by atoms with Crippen LogP contribution in [0.3, 0.4) is 0 Å². The molecule has 2 fully saturated rings. The van der Waals surface area contributed by atoms with Gasteiger partial charge in [0.15, 0.2) is 0 Å². The normalized spacial score (nSPS) is 29.8. The van der Waals surface area contributed by atoms with Gasteiger partial charge in [0.1, 0.15) is 0 Å². The van der Waals surface area contributed by atoms with Crippen LogP contribution in [0.5, 0.6) is 0 Å². The van der Waals surface area contributed by atoms with E-state index < -0.39 is 15.8 Å². The molecule has 22 heavy (non-hydrogen) atoms. The summed E-state index contributed by atoms with van der Waals surface area (Å²) in [5.41, 5.74) is -0.840. The van der Waals surface area contributed by atoms with Crippen LogP contribution in [0.15, 0.2) is 24.3 Å². The second-order valence-corrected chi connectivity index (χ2v) is 6.90. The van der Waals surface area contributed by atoms with Gasteiger partial charge in [-0.3, -0.25) is 19.7 Å². The number of hydrogen-bond donors (Lipinski definition) is 0. The number of nitro benzene ring substituents is 1. The second kappa shape index (κ2) is 4.38. The van der Waals surface area contributed by atoms with Gasteiger partial charge in [0.25, 0.3) is 5.69 Å². The van der Waals surface area contributed by atoms with Crippen molar-refractivity contribution in [2.75, 3.05) is 4.90 Å². The maximum Gasteiger partial charge on any atom is 0.271 e. The highest BCUT2D eigenvalue weighted by molar-refractivity contribution is 6.20. The lowest BCUT2D eigenvalue weighted by Gasteiger charge is -2.47. The Morgan fingerprint density at radius 2 is 1.95 bits per heavy atom. The Morgan fingerprint density at radius 3 is 2.59 bits per heavy atom. The summed E-state index contributed by atoms with van der Waals surface area (Å²) in [5.74, 6) is -0.725. The maximum atomic E-state index is 12.9. The molecule has 0 radical (unpaired) electrons. The molecule has 2 atom stereocenters. The molecule has 1 aromatic carbocycles. The third-order valence-corrected chi connectivity index (χ3v) is 5.72. The van der Waals surface area contributed by atoms with Crippen molar-refractivity contribution < 1.29 is 14.5 Å². The predicted octanol–water partition coefficient (Wildman–Crippen LogP) is 2.91. The van der Waals surface area contributed by atoms with E-state index in [1.165, 1.54) is 18.2 Å². The van der Waals surface area contributed by atoms with Crippen LogP contribution in [0.1, 0.15) is 33.6 Å². The number of non-ortho nitro benzene ring substituents is 1. The Hall–Kier alpha value is -2.24. The lowest BCUT2D eigenvalue weighted by atomic mass is 9.62. The topological polar surface area (TPSA) is 80.5 Å². The number of hydrogen-bond acceptors (Lipinski definition) is 4. The number of fused-ring (bicyclic) bond motifs is 2. The number of carbonyl (C=O) groups is 2. The molecule has 6 nitrogen and oxygen atoms in total. The molecule has 0 N–H and O–H groups in total. The van der Waals surface area contributed by atoms with Gasteiger partial charge >= 0.3 is 0 Å². The number of carbonyl (C=O) groups excluding carboxylic acids is 2. The van der Waals surface area contributed by atoms with Crippen molar-refractivity contribution in [1.29, 1.82) is 0 Å². The quantitative estimate of drug-likeness (QED) is 0.478. The van der Waals surface area contributed by atoms with Gasteiger partial charge in [-0.2, -0.15) is 0 Å². The number of rotatable bonds is 2. The summed E-state index contributed by atoms with van der Waals surface area (Å²) in [6, 6.07) is 5.71. The molecular weight excluding hydrogens is 284 g/mol. The Bertz CT molecular complexity index is 697. The average molecular weight is 302 g/mol. The van der Waals surface area contributed by atoms with Crippen LogP contribution in [-0.2, 0) is 9.59 Å². The van der Waals surface area contributed by atoms with Gasteiger partial charge in [0.05, 0.1) is 16.0 Å². The summed E-state index contributed by atoms with van der Waals surface area (Å²) < 4.78 is 0. The Kier molecular flexibility index (Phi) is 2.92. The van der Waals surface area contributed by atoms with E-state index >= 15 is 0 Å². The number of anilines is 1. The molecule has 1 saturated carbocycles. The first-order valence-electron chi connectivity index (χ1n) is 7.33. The van der Waals surface area contributed by atoms with Crippen molar-refractivity contribution in [2.24, 2.45) is 16.7 Å². The molecule has 1 saturated heterocycles. The Morgan fingerprint density at radius 1 is 1.27 bits per heavy atom. The largest absolute Gasteiger partial charge is 0.274 e. The van der Waals surface area contributed by atoms with Crippen LogP contribution in [0.2, 0.25) is 0 Å².